The average molecular weight is 506 g/mol. The minimum Gasteiger partial charge on any atom is -0.459 e. The molecule has 3 heterocycles. The van der Waals surface area contributed by atoms with Gasteiger partial charge in [-0.2, -0.15) is 0 Å². The zero-order valence-corrected chi connectivity index (χ0v) is 22.7. The van der Waals surface area contributed by atoms with E-state index in [4.69, 9.17) is 18.9 Å². The maximum atomic E-state index is 12.3. The predicted octanol–water partition coefficient (Wildman–Crippen LogP) is 3.38. The van der Waals surface area contributed by atoms with Crippen molar-refractivity contribution in [2.24, 2.45) is 5.92 Å². The predicted molar refractivity (Wildman–Crippen MR) is 136 cm³/mol. The van der Waals surface area contributed by atoms with Crippen LogP contribution in [-0.2, 0) is 28.5 Å². The van der Waals surface area contributed by atoms with Crippen LogP contribution in [0.3, 0.4) is 0 Å². The van der Waals surface area contributed by atoms with Crippen molar-refractivity contribution in [3.63, 3.8) is 0 Å². The summed E-state index contributed by atoms with van der Waals surface area (Å²) in [4.78, 5) is 23.3. The van der Waals surface area contributed by atoms with Crippen molar-refractivity contribution in [3.8, 4) is 0 Å². The number of rotatable bonds is 8. The molecule has 1 amide bonds. The van der Waals surface area contributed by atoms with Gasteiger partial charge in [0.25, 0.3) is 0 Å². The first-order valence-corrected chi connectivity index (χ1v) is 13.0. The minimum atomic E-state index is -0.663. The lowest BCUT2D eigenvalue weighted by Crippen LogP contribution is -2.53. The number of hydrogen-bond acceptors (Lipinski definition) is 7. The number of ether oxygens (including phenoxy) is 4. The van der Waals surface area contributed by atoms with E-state index >= 15 is 0 Å². The summed E-state index contributed by atoms with van der Waals surface area (Å²) in [7, 11) is 0. The fraction of sp³-hybridized carbons (Fsp3) is 0.714. The molecule has 36 heavy (non-hydrogen) atoms. The van der Waals surface area contributed by atoms with Gasteiger partial charge in [-0.1, -0.05) is 30.7 Å². The third-order valence-corrected chi connectivity index (χ3v) is 7.18. The Labute approximate surface area is 215 Å². The van der Waals surface area contributed by atoms with Gasteiger partial charge in [0.2, 0.25) is 5.91 Å². The first kappa shape index (κ1) is 28.6. The Morgan fingerprint density at radius 1 is 1.22 bits per heavy atom. The maximum Gasteiger partial charge on any atom is 0.303 e. The summed E-state index contributed by atoms with van der Waals surface area (Å²) in [5.41, 5.74) is 0.274. The van der Waals surface area contributed by atoms with Crippen LogP contribution in [0.25, 0.3) is 0 Å². The second-order valence-electron chi connectivity index (χ2n) is 11.2. The number of esters is 1. The van der Waals surface area contributed by atoms with E-state index in [-0.39, 0.29) is 41.6 Å². The van der Waals surface area contributed by atoms with Crippen LogP contribution in [0.2, 0.25) is 0 Å². The van der Waals surface area contributed by atoms with Gasteiger partial charge in [-0.3, -0.25) is 9.59 Å². The van der Waals surface area contributed by atoms with Gasteiger partial charge in [-0.15, -0.1) is 0 Å². The van der Waals surface area contributed by atoms with Gasteiger partial charge < -0.3 is 29.4 Å². The van der Waals surface area contributed by atoms with Crippen LogP contribution >= 0.6 is 0 Å². The highest BCUT2D eigenvalue weighted by atomic mass is 16.6. The van der Waals surface area contributed by atoms with Gasteiger partial charge in [-0.25, -0.2) is 0 Å². The minimum absolute atomic E-state index is 0.0506. The van der Waals surface area contributed by atoms with Crippen LogP contribution in [0, 0.1) is 5.92 Å². The van der Waals surface area contributed by atoms with Crippen molar-refractivity contribution < 1.29 is 33.6 Å². The first-order valence-electron chi connectivity index (χ1n) is 13.0. The Morgan fingerprint density at radius 2 is 1.92 bits per heavy atom. The molecule has 8 atom stereocenters. The highest BCUT2D eigenvalue weighted by Gasteiger charge is 2.60. The summed E-state index contributed by atoms with van der Waals surface area (Å²) in [6, 6.07) is -0.0901. The average Bonchev–Trinajstić information content (AvgIpc) is 3.54. The first-order chi connectivity index (χ1) is 16.8. The van der Waals surface area contributed by atoms with Crippen molar-refractivity contribution in [3.05, 3.63) is 36.0 Å². The SMILES string of the molecule is CC(=O)O[C@@H](C)/C=C\C(=O)N[C@@H]1C[C@H](C)[C@H](C/C=C(C)/C=C/C2OC(C)(C)C[C@]3(CO3)[C@H]2O)O[C@@H]1C. The van der Waals surface area contributed by atoms with Crippen LogP contribution in [0.1, 0.15) is 67.7 Å². The number of aliphatic hydroxyl groups excluding tert-OH is 1. The second kappa shape index (κ2) is 11.6. The fourth-order valence-electron chi connectivity index (χ4n) is 5.19. The van der Waals surface area contributed by atoms with Crippen LogP contribution in [0.5, 0.6) is 0 Å². The third kappa shape index (κ3) is 7.75. The lowest BCUT2D eigenvalue weighted by molar-refractivity contribution is -0.171. The molecule has 8 heteroatoms. The molecule has 0 bridgehead atoms. The van der Waals surface area contributed by atoms with E-state index in [9.17, 15) is 14.7 Å². The van der Waals surface area contributed by atoms with Gasteiger partial charge in [0.15, 0.2) is 0 Å². The summed E-state index contributed by atoms with van der Waals surface area (Å²) in [6.45, 7) is 13.8. The van der Waals surface area contributed by atoms with Gasteiger partial charge in [-0.05, 0) is 59.5 Å². The van der Waals surface area contributed by atoms with Crippen molar-refractivity contribution in [2.75, 3.05) is 6.61 Å². The van der Waals surface area contributed by atoms with Crippen molar-refractivity contribution >= 4 is 11.9 Å². The number of nitrogens with one attached hydrogen (secondary N) is 1. The van der Waals surface area contributed by atoms with Crippen molar-refractivity contribution in [1.29, 1.82) is 0 Å². The van der Waals surface area contributed by atoms with E-state index in [1.807, 2.05) is 39.8 Å². The summed E-state index contributed by atoms with van der Waals surface area (Å²) >= 11 is 0. The number of carbonyl (C=O) groups is 2. The molecule has 0 aromatic carbocycles. The molecule has 1 unspecified atom stereocenters. The molecule has 0 aliphatic carbocycles. The Hall–Kier alpha value is -2.00. The number of allylic oxidation sites excluding steroid dienone is 2. The lowest BCUT2D eigenvalue weighted by atomic mass is 9.83. The summed E-state index contributed by atoms with van der Waals surface area (Å²) in [6.07, 6.45) is 9.71. The van der Waals surface area contributed by atoms with Gasteiger partial charge >= 0.3 is 5.97 Å². The van der Waals surface area contributed by atoms with E-state index in [0.29, 0.717) is 13.0 Å². The van der Waals surface area contributed by atoms with Crippen LogP contribution < -0.4 is 5.32 Å². The molecule has 0 aromatic rings. The molecule has 3 aliphatic rings. The molecule has 1 spiro atoms. The molecule has 3 rings (SSSR count). The molecule has 2 N–H and O–H groups in total. The molecule has 0 aromatic heterocycles. The summed E-state index contributed by atoms with van der Waals surface area (Å²) < 4.78 is 23.0. The molecular weight excluding hydrogens is 462 g/mol. The van der Waals surface area contributed by atoms with E-state index in [1.54, 1.807) is 13.0 Å². The second-order valence-corrected chi connectivity index (χ2v) is 11.2. The molecule has 3 aliphatic heterocycles. The zero-order chi connectivity index (χ0) is 26.7. The highest BCUT2D eigenvalue weighted by Crippen LogP contribution is 2.46. The topological polar surface area (TPSA) is 107 Å². The van der Waals surface area contributed by atoms with E-state index in [1.165, 1.54) is 13.0 Å². The molecule has 8 nitrogen and oxygen atoms in total. The number of carbonyl (C=O) groups excluding carboxylic acids is 2. The monoisotopic (exact) mass is 505 g/mol. The number of hydrogen-bond donors (Lipinski definition) is 2. The van der Waals surface area contributed by atoms with Crippen molar-refractivity contribution in [1.82, 2.24) is 5.32 Å². The quantitative estimate of drug-likeness (QED) is 0.225. The normalized spacial score (nSPS) is 37.3. The van der Waals surface area contributed by atoms with Crippen molar-refractivity contribution in [2.45, 2.75) is 115 Å². The molecule has 0 radical (unpaired) electrons. The number of aliphatic hydroxyl groups is 1. The standard InChI is InChI=1S/C28H43NO7/c1-17(9-12-24-26(32)28(16-33-28)15-27(6,7)36-24)8-11-23-18(2)14-22(20(4)35-23)29-25(31)13-10-19(3)34-21(5)30/h8-10,12-13,18-20,22-24,26,32H,11,14-16H2,1-7H3,(H,29,31)/b12-9+,13-10-,17-8+/t18-,19-,20+,22+,23-,24?,26-,28-/m0/s1. The van der Waals surface area contributed by atoms with Gasteiger partial charge in [0.1, 0.15) is 23.9 Å². The van der Waals surface area contributed by atoms with E-state index in [2.05, 4.69) is 18.3 Å². The Balaban J connectivity index is 1.49. The van der Waals surface area contributed by atoms with Crippen LogP contribution in [-0.4, -0.2) is 71.4 Å². The molecular formula is C28H43NO7. The largest absolute Gasteiger partial charge is 0.459 e. The molecule has 0 saturated carbocycles. The molecule has 3 saturated heterocycles. The fourth-order valence-corrected chi connectivity index (χ4v) is 5.19. The van der Waals surface area contributed by atoms with Gasteiger partial charge in [0.05, 0.1) is 30.5 Å². The smallest absolute Gasteiger partial charge is 0.303 e. The Morgan fingerprint density at radius 3 is 2.56 bits per heavy atom. The molecule has 3 fully saturated rings. The van der Waals surface area contributed by atoms with Gasteiger partial charge in [0, 0.05) is 19.4 Å². The molecule has 202 valence electrons. The maximum absolute atomic E-state index is 12.3. The Bertz CT molecular complexity index is 888. The Kier molecular flexibility index (Phi) is 9.20. The van der Waals surface area contributed by atoms with E-state index < -0.39 is 23.9 Å². The number of amides is 1. The summed E-state index contributed by atoms with van der Waals surface area (Å²) in [5.74, 6) is -0.346. The third-order valence-electron chi connectivity index (χ3n) is 7.18. The van der Waals surface area contributed by atoms with Crippen LogP contribution in [0.15, 0.2) is 36.0 Å². The van der Waals surface area contributed by atoms with Crippen LogP contribution in [0.4, 0.5) is 0 Å². The lowest BCUT2D eigenvalue weighted by Gasteiger charge is -2.41. The highest BCUT2D eigenvalue weighted by molar-refractivity contribution is 5.87. The van der Waals surface area contributed by atoms with E-state index in [0.717, 1.165) is 18.4 Å². The summed E-state index contributed by atoms with van der Waals surface area (Å²) in [5, 5.41) is 13.7. The zero-order valence-electron chi connectivity index (χ0n) is 22.7. The number of epoxide rings is 1.